The van der Waals surface area contributed by atoms with E-state index in [1.165, 1.54) is 11.9 Å². The highest BCUT2D eigenvalue weighted by Gasteiger charge is 2.43. The highest BCUT2D eigenvalue weighted by atomic mass is 32.2. The molecular weight excluding hydrogens is 410 g/mol. The summed E-state index contributed by atoms with van der Waals surface area (Å²) in [6.07, 6.45) is 2.51. The lowest BCUT2D eigenvalue weighted by Crippen LogP contribution is -2.31. The van der Waals surface area contributed by atoms with Crippen LogP contribution in [0, 0.1) is 5.92 Å². The van der Waals surface area contributed by atoms with E-state index in [0.29, 0.717) is 17.6 Å². The Hall–Kier alpha value is -2.44. The monoisotopic (exact) mass is 433 g/mol. The normalized spacial score (nSPS) is 24.5. The van der Waals surface area contributed by atoms with Crippen molar-refractivity contribution in [3.8, 4) is 0 Å². The minimum absolute atomic E-state index is 0.284. The second kappa shape index (κ2) is 8.36. The van der Waals surface area contributed by atoms with Crippen molar-refractivity contribution in [3.63, 3.8) is 0 Å². The Balaban J connectivity index is 1.55. The highest BCUT2D eigenvalue weighted by molar-refractivity contribution is 7.84. The summed E-state index contributed by atoms with van der Waals surface area (Å²) in [7, 11) is -4.13. The fraction of sp³-hybridized carbons (Fsp3) is 0.421. The third kappa shape index (κ3) is 4.35. The number of aliphatic hydroxyl groups excluding tert-OH is 2. The van der Waals surface area contributed by atoms with Crippen molar-refractivity contribution < 1.29 is 22.8 Å². The van der Waals surface area contributed by atoms with Gasteiger partial charge >= 0.3 is 10.3 Å². The van der Waals surface area contributed by atoms with Crippen molar-refractivity contribution in [1.82, 2.24) is 19.5 Å². The fourth-order valence-corrected chi connectivity index (χ4v) is 4.32. The average Bonchev–Trinajstić information content (AvgIpc) is 3.27. The summed E-state index contributed by atoms with van der Waals surface area (Å²) in [5, 5.41) is 25.7. The molecule has 2 aromatic heterocycles. The number of nitrogens with two attached hydrogens (primary N) is 1. The van der Waals surface area contributed by atoms with Crippen LogP contribution in [-0.2, 0) is 27.3 Å². The number of aliphatic hydroxyl groups is 2. The number of aromatic nitrogens is 4. The molecule has 4 atom stereocenters. The fourth-order valence-electron chi connectivity index (χ4n) is 3.96. The van der Waals surface area contributed by atoms with Gasteiger partial charge in [0, 0.05) is 5.92 Å². The van der Waals surface area contributed by atoms with Gasteiger partial charge in [-0.3, -0.25) is 4.18 Å². The summed E-state index contributed by atoms with van der Waals surface area (Å²) >= 11 is 0. The Morgan fingerprint density at radius 1 is 1.10 bits per heavy atom. The smallest absolute Gasteiger partial charge is 0.333 e. The van der Waals surface area contributed by atoms with Gasteiger partial charge in [-0.1, -0.05) is 30.3 Å². The van der Waals surface area contributed by atoms with Crippen LogP contribution in [0.3, 0.4) is 0 Å². The van der Waals surface area contributed by atoms with Crippen LogP contribution >= 0.6 is 0 Å². The molecule has 10 nitrogen and oxygen atoms in total. The van der Waals surface area contributed by atoms with E-state index in [-0.39, 0.29) is 13.0 Å². The van der Waals surface area contributed by atoms with Gasteiger partial charge in [-0.15, -0.1) is 0 Å². The molecule has 1 aliphatic carbocycles. The van der Waals surface area contributed by atoms with Gasteiger partial charge in [-0.25, -0.2) is 20.1 Å². The average molecular weight is 433 g/mol. The van der Waals surface area contributed by atoms with Gasteiger partial charge in [-0.05, 0) is 24.8 Å². The molecule has 1 fully saturated rings. The molecule has 0 bridgehead atoms. The Morgan fingerprint density at radius 2 is 1.87 bits per heavy atom. The molecule has 0 aliphatic heterocycles. The van der Waals surface area contributed by atoms with Crippen molar-refractivity contribution >= 4 is 21.5 Å². The van der Waals surface area contributed by atoms with Crippen LogP contribution in [-0.4, -0.2) is 57.0 Å². The Labute approximate surface area is 173 Å². The number of nitrogens with zero attached hydrogens (tertiary/aromatic N) is 4. The van der Waals surface area contributed by atoms with Gasteiger partial charge in [0.05, 0.1) is 30.8 Å². The SMILES string of the molecule is NS(=O)(=O)OC[C@H]1C[C@@H](n2cnc3c(CCc4ccccc4)ncnc32)[C@H](O)[C@@H]1O. The first-order chi connectivity index (χ1) is 14.3. The molecule has 1 aromatic carbocycles. The molecule has 2 heterocycles. The third-order valence-electron chi connectivity index (χ3n) is 5.50. The van der Waals surface area contributed by atoms with Crippen LogP contribution in [0.15, 0.2) is 43.0 Å². The van der Waals surface area contributed by atoms with Crippen LogP contribution in [0.25, 0.3) is 11.2 Å². The molecule has 0 radical (unpaired) electrons. The predicted octanol–water partition coefficient (Wildman–Crippen LogP) is 0.114. The third-order valence-corrected chi connectivity index (χ3v) is 5.97. The quantitative estimate of drug-likeness (QED) is 0.475. The molecule has 160 valence electrons. The number of aryl methyl sites for hydroxylation is 2. The number of rotatable bonds is 7. The van der Waals surface area contributed by atoms with Crippen LogP contribution < -0.4 is 5.14 Å². The van der Waals surface area contributed by atoms with Crippen molar-refractivity contribution in [1.29, 1.82) is 0 Å². The first-order valence-corrected chi connectivity index (χ1v) is 11.0. The second-order valence-corrected chi connectivity index (χ2v) is 8.67. The van der Waals surface area contributed by atoms with Crippen molar-refractivity contribution in [2.45, 2.75) is 37.5 Å². The number of benzene rings is 1. The standard InChI is InChI=1S/C19H23N5O5S/c20-30(27,28)29-9-13-8-15(18(26)17(13)25)24-11-23-16-14(21-10-22-19(16)24)7-6-12-4-2-1-3-5-12/h1-5,10-11,13,15,17-18,25-26H,6-9H2,(H2,20,27,28)/t13-,15-,17-,18+/m1/s1. The van der Waals surface area contributed by atoms with E-state index in [1.54, 1.807) is 10.9 Å². The summed E-state index contributed by atoms with van der Waals surface area (Å²) < 4.78 is 28.4. The summed E-state index contributed by atoms with van der Waals surface area (Å²) in [6, 6.07) is 9.52. The van der Waals surface area contributed by atoms with Gasteiger partial charge in [-0.2, -0.15) is 8.42 Å². The van der Waals surface area contributed by atoms with Crippen molar-refractivity contribution in [3.05, 3.63) is 54.2 Å². The molecule has 3 aromatic rings. The van der Waals surface area contributed by atoms with Crippen LogP contribution in [0.1, 0.15) is 23.7 Å². The minimum Gasteiger partial charge on any atom is -0.390 e. The molecule has 0 amide bonds. The topological polar surface area (TPSA) is 153 Å². The van der Waals surface area contributed by atoms with E-state index in [9.17, 15) is 18.6 Å². The van der Waals surface area contributed by atoms with E-state index >= 15 is 0 Å². The molecule has 4 N–H and O–H groups in total. The van der Waals surface area contributed by atoms with Gasteiger partial charge < -0.3 is 14.8 Å². The minimum atomic E-state index is -4.13. The van der Waals surface area contributed by atoms with E-state index in [4.69, 9.17) is 5.14 Å². The van der Waals surface area contributed by atoms with Crippen molar-refractivity contribution in [2.24, 2.45) is 11.1 Å². The summed E-state index contributed by atoms with van der Waals surface area (Å²) in [5.41, 5.74) is 3.18. The maximum Gasteiger partial charge on any atom is 0.333 e. The van der Waals surface area contributed by atoms with E-state index in [1.807, 2.05) is 18.2 Å². The molecule has 0 unspecified atom stereocenters. The first kappa shape index (κ1) is 20.8. The molecule has 0 saturated heterocycles. The number of imidazole rings is 1. The summed E-state index contributed by atoms with van der Waals surface area (Å²) in [6.45, 7) is -0.308. The Morgan fingerprint density at radius 3 is 2.60 bits per heavy atom. The number of hydrogen-bond acceptors (Lipinski definition) is 8. The van der Waals surface area contributed by atoms with Crippen LogP contribution in [0.5, 0.6) is 0 Å². The lowest BCUT2D eigenvalue weighted by molar-refractivity contribution is -0.000990. The summed E-state index contributed by atoms with van der Waals surface area (Å²) in [4.78, 5) is 13.1. The molecule has 4 rings (SSSR count). The van der Waals surface area contributed by atoms with Crippen LogP contribution in [0.4, 0.5) is 0 Å². The zero-order valence-electron chi connectivity index (χ0n) is 16.1. The maximum atomic E-state index is 11.0. The molecule has 1 aliphatic rings. The van der Waals surface area contributed by atoms with Crippen molar-refractivity contribution in [2.75, 3.05) is 6.61 Å². The maximum absolute atomic E-state index is 11.0. The largest absolute Gasteiger partial charge is 0.390 e. The molecule has 0 spiro atoms. The molecule has 11 heteroatoms. The van der Waals surface area contributed by atoms with E-state index in [2.05, 4.69) is 31.3 Å². The molecule has 30 heavy (non-hydrogen) atoms. The zero-order chi connectivity index (χ0) is 21.3. The highest BCUT2D eigenvalue weighted by Crippen LogP contribution is 2.37. The molecular formula is C19H23N5O5S. The number of fused-ring (bicyclic) bond motifs is 1. The lowest BCUT2D eigenvalue weighted by Gasteiger charge is -2.18. The van der Waals surface area contributed by atoms with Gasteiger partial charge in [0.1, 0.15) is 17.9 Å². The molecule has 1 saturated carbocycles. The Kier molecular flexibility index (Phi) is 5.80. The first-order valence-electron chi connectivity index (χ1n) is 9.57. The number of hydrogen-bond donors (Lipinski definition) is 3. The van der Waals surface area contributed by atoms with Crippen LogP contribution in [0.2, 0.25) is 0 Å². The Bertz CT molecular complexity index is 1120. The van der Waals surface area contributed by atoms with E-state index in [0.717, 1.165) is 12.1 Å². The van der Waals surface area contributed by atoms with Gasteiger partial charge in [0.15, 0.2) is 5.65 Å². The zero-order valence-corrected chi connectivity index (χ0v) is 16.9. The van der Waals surface area contributed by atoms with Gasteiger partial charge in [0.2, 0.25) is 0 Å². The van der Waals surface area contributed by atoms with Gasteiger partial charge in [0.25, 0.3) is 0 Å². The summed E-state index contributed by atoms with van der Waals surface area (Å²) in [5.74, 6) is -0.597. The second-order valence-electron chi connectivity index (χ2n) is 7.45. The predicted molar refractivity (Wildman–Crippen MR) is 107 cm³/mol. The van der Waals surface area contributed by atoms with E-state index < -0.39 is 34.5 Å². The lowest BCUT2D eigenvalue weighted by atomic mass is 10.1.